The van der Waals surface area contributed by atoms with Crippen molar-refractivity contribution < 1.29 is 13.6 Å². The zero-order chi connectivity index (χ0) is 20.4. The normalized spacial score (nSPS) is 17.1. The molecule has 152 valence electrons. The molecule has 0 bridgehead atoms. The van der Waals surface area contributed by atoms with E-state index in [0.717, 1.165) is 31.7 Å². The maximum atomic E-state index is 13.0. The summed E-state index contributed by atoms with van der Waals surface area (Å²) >= 11 is 0. The van der Waals surface area contributed by atoms with Gasteiger partial charge in [-0.1, -0.05) is 0 Å². The van der Waals surface area contributed by atoms with Crippen molar-refractivity contribution >= 4 is 17.4 Å². The number of aromatic nitrogens is 5. The van der Waals surface area contributed by atoms with Gasteiger partial charge in [0.1, 0.15) is 23.5 Å². The van der Waals surface area contributed by atoms with Gasteiger partial charge in [0.05, 0.1) is 11.9 Å². The molecule has 1 unspecified atom stereocenters. The number of alkyl halides is 2. The zero-order valence-corrected chi connectivity index (χ0v) is 15.9. The molecule has 1 amide bonds. The van der Waals surface area contributed by atoms with Gasteiger partial charge in [0, 0.05) is 32.6 Å². The number of carbonyl (C=O) groups is 1. The van der Waals surface area contributed by atoms with Crippen LogP contribution < -0.4 is 10.2 Å². The Bertz CT molecular complexity index is 1020. The van der Waals surface area contributed by atoms with Gasteiger partial charge in [-0.2, -0.15) is 5.10 Å². The molecule has 10 heteroatoms. The van der Waals surface area contributed by atoms with Crippen LogP contribution in [0.25, 0.3) is 17.0 Å². The molecule has 1 atom stereocenters. The van der Waals surface area contributed by atoms with Crippen molar-refractivity contribution in [1.82, 2.24) is 29.9 Å². The minimum Gasteiger partial charge on any atom is -0.356 e. The summed E-state index contributed by atoms with van der Waals surface area (Å²) in [5, 5.41) is 6.87. The van der Waals surface area contributed by atoms with Gasteiger partial charge in [-0.15, -0.1) is 0 Å². The molecule has 1 saturated heterocycles. The molecule has 1 fully saturated rings. The van der Waals surface area contributed by atoms with Crippen LogP contribution in [0.2, 0.25) is 0 Å². The first-order valence-electron chi connectivity index (χ1n) is 9.46. The maximum Gasteiger partial charge on any atom is 0.282 e. The van der Waals surface area contributed by atoms with Gasteiger partial charge >= 0.3 is 0 Å². The number of nitrogens with one attached hydrogen (secondary N) is 1. The lowest BCUT2D eigenvalue weighted by molar-refractivity contribution is -0.119. The Labute approximate surface area is 166 Å². The summed E-state index contributed by atoms with van der Waals surface area (Å²) < 4.78 is 27.5. The van der Waals surface area contributed by atoms with Gasteiger partial charge in [-0.3, -0.25) is 4.79 Å². The first kappa shape index (κ1) is 19.2. The molecule has 3 aromatic rings. The summed E-state index contributed by atoms with van der Waals surface area (Å²) in [7, 11) is 0. The predicted molar refractivity (Wildman–Crippen MR) is 103 cm³/mol. The largest absolute Gasteiger partial charge is 0.356 e. The van der Waals surface area contributed by atoms with E-state index in [1.165, 1.54) is 29.9 Å². The van der Waals surface area contributed by atoms with E-state index < -0.39 is 6.43 Å². The van der Waals surface area contributed by atoms with Gasteiger partial charge in [-0.25, -0.2) is 28.2 Å². The standard InChI is InChI=1S/C19H21F2N7O/c1-12(29)22-8-13-3-2-6-27(10-13)18-7-15(24-11-25-18)16-9-23-17-5-4-14(19(20)21)26-28(16)17/h4-5,7,9,11,13,19H,2-3,6,8,10H2,1H3,(H,22,29). The molecular formula is C19H21F2N7O. The van der Waals surface area contributed by atoms with E-state index in [9.17, 15) is 13.6 Å². The SMILES string of the molecule is CC(=O)NCC1CCCN(c2cc(-c3cnc4ccc(C(F)F)nn34)ncn2)C1. The number of anilines is 1. The smallest absolute Gasteiger partial charge is 0.282 e. The number of amides is 1. The number of nitrogens with zero attached hydrogens (tertiary/aromatic N) is 6. The van der Waals surface area contributed by atoms with E-state index >= 15 is 0 Å². The van der Waals surface area contributed by atoms with Crippen LogP contribution in [-0.4, -0.2) is 50.1 Å². The highest BCUT2D eigenvalue weighted by Crippen LogP contribution is 2.26. The second-order valence-corrected chi connectivity index (χ2v) is 7.13. The summed E-state index contributed by atoms with van der Waals surface area (Å²) in [6.45, 7) is 3.78. The highest BCUT2D eigenvalue weighted by atomic mass is 19.3. The van der Waals surface area contributed by atoms with Gasteiger partial charge < -0.3 is 10.2 Å². The number of hydrogen-bond donors (Lipinski definition) is 1. The molecule has 1 N–H and O–H groups in total. The first-order chi connectivity index (χ1) is 14.0. The number of hydrogen-bond acceptors (Lipinski definition) is 6. The average molecular weight is 401 g/mol. The van der Waals surface area contributed by atoms with E-state index in [2.05, 4.69) is 30.3 Å². The topological polar surface area (TPSA) is 88.3 Å². The Morgan fingerprint density at radius 2 is 2.17 bits per heavy atom. The van der Waals surface area contributed by atoms with Crippen LogP contribution in [0.3, 0.4) is 0 Å². The van der Waals surface area contributed by atoms with Crippen LogP contribution in [0, 0.1) is 5.92 Å². The molecule has 1 aliphatic heterocycles. The molecule has 3 aromatic heterocycles. The summed E-state index contributed by atoms with van der Waals surface area (Å²) in [6, 6.07) is 4.60. The molecule has 29 heavy (non-hydrogen) atoms. The van der Waals surface area contributed by atoms with Crippen LogP contribution in [0.1, 0.15) is 31.9 Å². The lowest BCUT2D eigenvalue weighted by Crippen LogP contribution is -2.41. The van der Waals surface area contributed by atoms with E-state index in [1.54, 1.807) is 6.20 Å². The van der Waals surface area contributed by atoms with Crippen LogP contribution in [0.15, 0.2) is 30.7 Å². The Morgan fingerprint density at radius 1 is 1.31 bits per heavy atom. The molecule has 8 nitrogen and oxygen atoms in total. The molecule has 0 radical (unpaired) electrons. The van der Waals surface area contributed by atoms with Crippen LogP contribution in [0.5, 0.6) is 0 Å². The third-order valence-corrected chi connectivity index (χ3v) is 5.00. The number of imidazole rings is 1. The molecule has 0 saturated carbocycles. The second kappa shape index (κ2) is 8.06. The number of rotatable bonds is 5. The minimum absolute atomic E-state index is 0.0327. The summed E-state index contributed by atoms with van der Waals surface area (Å²) in [5.74, 6) is 1.06. The predicted octanol–water partition coefficient (Wildman–Crippen LogP) is 2.48. The van der Waals surface area contributed by atoms with Crippen molar-refractivity contribution in [3.8, 4) is 11.4 Å². The summed E-state index contributed by atoms with van der Waals surface area (Å²) in [5.41, 5.74) is 1.24. The number of fused-ring (bicyclic) bond motifs is 1. The van der Waals surface area contributed by atoms with Crippen LogP contribution in [-0.2, 0) is 4.79 Å². The lowest BCUT2D eigenvalue weighted by atomic mass is 9.98. The Kier molecular flexibility index (Phi) is 5.32. The van der Waals surface area contributed by atoms with E-state index in [-0.39, 0.29) is 11.6 Å². The van der Waals surface area contributed by atoms with Crippen molar-refractivity contribution in [3.05, 3.63) is 36.4 Å². The van der Waals surface area contributed by atoms with Crippen molar-refractivity contribution in [1.29, 1.82) is 0 Å². The fraction of sp³-hybridized carbons (Fsp3) is 0.421. The van der Waals surface area contributed by atoms with Crippen molar-refractivity contribution in [3.63, 3.8) is 0 Å². The van der Waals surface area contributed by atoms with Crippen molar-refractivity contribution in [2.45, 2.75) is 26.2 Å². The number of carbonyl (C=O) groups excluding carboxylic acids is 1. The summed E-state index contributed by atoms with van der Waals surface area (Å²) in [6.07, 6.45) is 2.41. The Hall–Kier alpha value is -3.17. The van der Waals surface area contributed by atoms with E-state index in [4.69, 9.17) is 0 Å². The van der Waals surface area contributed by atoms with Crippen molar-refractivity contribution in [2.24, 2.45) is 5.92 Å². The Morgan fingerprint density at radius 3 is 2.97 bits per heavy atom. The zero-order valence-electron chi connectivity index (χ0n) is 15.9. The van der Waals surface area contributed by atoms with Crippen molar-refractivity contribution in [2.75, 3.05) is 24.5 Å². The number of piperidine rings is 1. The average Bonchev–Trinajstić information content (AvgIpc) is 3.16. The molecule has 4 rings (SSSR count). The van der Waals surface area contributed by atoms with Gasteiger partial charge in [0.25, 0.3) is 6.43 Å². The van der Waals surface area contributed by atoms with Gasteiger partial charge in [-0.05, 0) is 30.9 Å². The quantitative estimate of drug-likeness (QED) is 0.707. The first-order valence-corrected chi connectivity index (χ1v) is 9.46. The lowest BCUT2D eigenvalue weighted by Gasteiger charge is -2.33. The van der Waals surface area contributed by atoms with Crippen LogP contribution >= 0.6 is 0 Å². The molecule has 0 aliphatic carbocycles. The highest BCUT2D eigenvalue weighted by Gasteiger charge is 2.22. The van der Waals surface area contributed by atoms with Gasteiger partial charge in [0.15, 0.2) is 5.65 Å². The molecule has 1 aliphatic rings. The fourth-order valence-corrected chi connectivity index (χ4v) is 3.57. The van der Waals surface area contributed by atoms with Gasteiger partial charge in [0.2, 0.25) is 5.91 Å². The highest BCUT2D eigenvalue weighted by molar-refractivity contribution is 5.72. The molecular weight excluding hydrogens is 380 g/mol. The Balaban J connectivity index is 1.60. The molecule has 0 spiro atoms. The maximum absolute atomic E-state index is 13.0. The molecule has 4 heterocycles. The van der Waals surface area contributed by atoms with E-state index in [0.29, 0.717) is 29.5 Å². The fourth-order valence-electron chi connectivity index (χ4n) is 3.57. The van der Waals surface area contributed by atoms with Crippen LogP contribution in [0.4, 0.5) is 14.6 Å². The van der Waals surface area contributed by atoms with E-state index in [1.807, 2.05) is 6.07 Å². The monoisotopic (exact) mass is 401 g/mol. The summed E-state index contributed by atoms with van der Waals surface area (Å²) in [4.78, 5) is 26.3. The minimum atomic E-state index is -2.66. The third-order valence-electron chi connectivity index (χ3n) is 5.00. The third kappa shape index (κ3) is 4.15. The number of halogens is 2. The molecule has 0 aromatic carbocycles. The second-order valence-electron chi connectivity index (χ2n) is 7.13.